The largest absolute Gasteiger partial charge is 0.598 e. The first-order valence-corrected chi connectivity index (χ1v) is 18.9. The number of phosphoric acid groups is 2. The number of phenols is 2. The van der Waals surface area contributed by atoms with E-state index < -0.39 is 15.6 Å². The highest BCUT2D eigenvalue weighted by Gasteiger charge is 2.47. The zero-order chi connectivity index (χ0) is 34.2. The second kappa shape index (κ2) is 11.4. The van der Waals surface area contributed by atoms with Crippen molar-refractivity contribution in [1.29, 1.82) is 0 Å². The highest BCUT2D eigenvalue weighted by atomic mass is 31.3. The monoisotopic (exact) mass is 696 g/mol. The maximum atomic E-state index is 15.0. The molecule has 5 aromatic carbocycles. The molecule has 14 bridgehead atoms. The number of aromatic hydroxyl groups is 2. The first-order chi connectivity index (χ1) is 23.4. The average Bonchev–Trinajstić information content (AvgIpc) is 3.05. The van der Waals surface area contributed by atoms with Crippen LogP contribution in [0.25, 0.3) is 0 Å². The van der Waals surface area contributed by atoms with Gasteiger partial charge in [-0.25, -0.2) is 9.13 Å². The molecule has 0 aromatic heterocycles. The van der Waals surface area contributed by atoms with Gasteiger partial charge in [-0.15, -0.1) is 4.31 Å². The molecule has 0 fully saturated rings. The summed E-state index contributed by atoms with van der Waals surface area (Å²) in [6.07, 6.45) is 0.921. The molecule has 0 unspecified atom stereocenters. The Morgan fingerprint density at radius 1 is 0.449 bits per heavy atom. The third-order valence-corrected chi connectivity index (χ3v) is 13.2. The lowest BCUT2D eigenvalue weighted by Crippen LogP contribution is -2.12. The Hall–Kier alpha value is -4.68. The molecule has 4 aliphatic heterocycles. The van der Waals surface area contributed by atoms with Crippen molar-refractivity contribution in [3.8, 4) is 34.5 Å². The summed E-state index contributed by atoms with van der Waals surface area (Å²) in [5.74, 6) is 0.744. The normalized spacial score (nSPS) is 20.6. The molecule has 0 radical (unpaired) electrons. The Labute approximate surface area is 284 Å². The molecule has 0 aliphatic carbocycles. The Morgan fingerprint density at radius 3 is 0.939 bits per heavy atom. The molecule has 0 saturated carbocycles. The maximum Gasteiger partial charge on any atom is 0.598 e. The van der Waals surface area contributed by atoms with Crippen molar-refractivity contribution in [2.45, 2.75) is 53.4 Å². The molecule has 0 amide bonds. The van der Waals surface area contributed by atoms with Crippen LogP contribution >= 0.6 is 15.6 Å². The molecule has 11 heteroatoms. The predicted molar refractivity (Wildman–Crippen MR) is 185 cm³/mol. The van der Waals surface area contributed by atoms with Gasteiger partial charge in [0.25, 0.3) is 0 Å². The summed E-state index contributed by atoms with van der Waals surface area (Å²) in [6, 6.07) is 20.9. The summed E-state index contributed by atoms with van der Waals surface area (Å²) in [5, 5.41) is 24.9. The smallest absolute Gasteiger partial charge is 0.507 e. The Bertz CT molecular complexity index is 2000. The molecule has 250 valence electrons. The average molecular weight is 697 g/mol. The van der Waals surface area contributed by atoms with Crippen LogP contribution in [0.3, 0.4) is 0 Å². The van der Waals surface area contributed by atoms with Crippen molar-refractivity contribution in [1.82, 2.24) is 0 Å². The van der Waals surface area contributed by atoms with Crippen LogP contribution in [-0.4, -0.2) is 10.2 Å². The Balaban J connectivity index is 1.57. The summed E-state index contributed by atoms with van der Waals surface area (Å²) in [5.41, 5.74) is 7.61. The van der Waals surface area contributed by atoms with Gasteiger partial charge in [-0.05, 0) is 96.5 Å². The zero-order valence-electron chi connectivity index (χ0n) is 27.4. The van der Waals surface area contributed by atoms with Crippen molar-refractivity contribution < 1.29 is 41.7 Å². The third-order valence-electron chi connectivity index (χ3n) is 9.97. The van der Waals surface area contributed by atoms with Gasteiger partial charge < -0.3 is 28.3 Å². The van der Waals surface area contributed by atoms with Crippen LogP contribution in [0.1, 0.15) is 66.8 Å². The molecule has 4 aliphatic rings. The van der Waals surface area contributed by atoms with Crippen LogP contribution in [0.2, 0.25) is 0 Å². The van der Waals surface area contributed by atoms with E-state index in [1.807, 2.05) is 24.3 Å². The highest BCUT2D eigenvalue weighted by Crippen LogP contribution is 2.66. The maximum absolute atomic E-state index is 15.0. The molecule has 9 nitrogen and oxygen atoms in total. The van der Waals surface area contributed by atoms with Crippen molar-refractivity contribution in [2.75, 3.05) is 0 Å². The first kappa shape index (κ1) is 31.6. The molecule has 4 heterocycles. The van der Waals surface area contributed by atoms with Gasteiger partial charge >= 0.3 is 15.6 Å². The molecular formula is C38H34O9P2. The fourth-order valence-electron chi connectivity index (χ4n) is 6.97. The van der Waals surface area contributed by atoms with Gasteiger partial charge in [0.05, 0.1) is 0 Å². The van der Waals surface area contributed by atoms with E-state index in [0.717, 1.165) is 22.3 Å². The second-order valence-corrected chi connectivity index (χ2v) is 16.0. The molecule has 2 N–H and O–H groups in total. The van der Waals surface area contributed by atoms with Gasteiger partial charge in [-0.3, -0.25) is 0 Å². The second-order valence-electron chi connectivity index (χ2n) is 12.8. The van der Waals surface area contributed by atoms with E-state index in [-0.39, 0.29) is 60.2 Å². The van der Waals surface area contributed by atoms with E-state index in [0.29, 0.717) is 44.5 Å². The quantitative estimate of drug-likeness (QED) is 0.120. The molecular weight excluding hydrogens is 662 g/mol. The molecule has 5 aromatic rings. The fourth-order valence-corrected chi connectivity index (χ4v) is 10.3. The SMILES string of the molecule is Cc1c2cccc1OP1(=O)Oc3cccc(c3C)Cc3c(O)c4c(c(O)c3C2)Cc2cccc(c2C)OP(=O)(Oc2cccc(c2C)C4)O1. The molecule has 0 atom stereocenters. The molecule has 0 spiro atoms. The van der Waals surface area contributed by atoms with E-state index in [1.165, 1.54) is 0 Å². The van der Waals surface area contributed by atoms with Crippen LogP contribution in [0.4, 0.5) is 0 Å². The van der Waals surface area contributed by atoms with Crippen molar-refractivity contribution >= 4 is 15.6 Å². The summed E-state index contributed by atoms with van der Waals surface area (Å²) >= 11 is 0. The van der Waals surface area contributed by atoms with Crippen molar-refractivity contribution in [3.63, 3.8) is 0 Å². The number of hydrogen-bond donors (Lipinski definition) is 2. The molecule has 9 rings (SSSR count). The number of benzene rings is 5. The number of phosphoric ester groups is 2. The minimum Gasteiger partial charge on any atom is -0.507 e. The van der Waals surface area contributed by atoms with Crippen molar-refractivity contribution in [3.05, 3.63) is 140 Å². The van der Waals surface area contributed by atoms with Crippen LogP contribution in [0.5, 0.6) is 34.5 Å². The van der Waals surface area contributed by atoms with E-state index >= 15 is 9.13 Å². The van der Waals surface area contributed by atoms with Crippen LogP contribution in [0.15, 0.2) is 72.8 Å². The molecule has 49 heavy (non-hydrogen) atoms. The van der Waals surface area contributed by atoms with E-state index in [9.17, 15) is 10.2 Å². The van der Waals surface area contributed by atoms with Gasteiger partial charge in [0, 0.05) is 47.9 Å². The van der Waals surface area contributed by atoms with Gasteiger partial charge in [0.2, 0.25) is 0 Å². The molecule has 0 saturated heterocycles. The number of hydrogen-bond acceptors (Lipinski definition) is 9. The fraction of sp³-hybridized carbons (Fsp3) is 0.211. The number of rotatable bonds is 0. The van der Waals surface area contributed by atoms with Gasteiger partial charge in [0.15, 0.2) is 0 Å². The third kappa shape index (κ3) is 5.37. The van der Waals surface area contributed by atoms with Gasteiger partial charge in [-0.2, -0.15) is 0 Å². The highest BCUT2D eigenvalue weighted by molar-refractivity contribution is 7.63. The first-order valence-electron chi connectivity index (χ1n) is 16.0. The van der Waals surface area contributed by atoms with E-state index in [2.05, 4.69) is 0 Å². The Morgan fingerprint density at radius 2 is 0.694 bits per heavy atom. The predicted octanol–water partition coefficient (Wildman–Crippen LogP) is 9.48. The minimum atomic E-state index is -4.89. The van der Waals surface area contributed by atoms with E-state index in [1.54, 1.807) is 76.2 Å². The van der Waals surface area contributed by atoms with Crippen LogP contribution in [-0.2, 0) is 39.1 Å². The van der Waals surface area contributed by atoms with Gasteiger partial charge in [0.1, 0.15) is 34.5 Å². The lowest BCUT2D eigenvalue weighted by molar-refractivity contribution is 0.241. The zero-order valence-corrected chi connectivity index (χ0v) is 29.2. The number of phenolic OH excluding ortho intramolecular Hbond substituents is 2. The van der Waals surface area contributed by atoms with Crippen LogP contribution < -0.4 is 18.1 Å². The summed E-state index contributed by atoms with van der Waals surface area (Å²) in [7, 11) is -9.77. The lowest BCUT2D eigenvalue weighted by atomic mass is 9.83. The van der Waals surface area contributed by atoms with Crippen LogP contribution in [0, 0.1) is 27.7 Å². The summed E-state index contributed by atoms with van der Waals surface area (Å²) in [4.78, 5) is 0. The summed E-state index contributed by atoms with van der Waals surface area (Å²) < 4.78 is 60.7. The standard InChI is InChI=1S/C38H34O9P2/c1-21-25-9-5-13-33(21)43-48(41)44-34-14-6-10-26(22(34)2)18-30-29(17-25)37(39)31-19-27-11-7-15-35(23(27)3)45-49(42,47-48)46-36-16-8-12-28(24(36)4)20-32(31)38(30)40/h5-16,39-40H,17-20H2,1-4H3. The Kier molecular flexibility index (Phi) is 7.38. The topological polar surface area (TPSA) is 121 Å². The van der Waals surface area contributed by atoms with Gasteiger partial charge in [-0.1, -0.05) is 48.5 Å². The summed E-state index contributed by atoms with van der Waals surface area (Å²) in [6.45, 7) is 7.16. The van der Waals surface area contributed by atoms with Crippen molar-refractivity contribution in [2.24, 2.45) is 0 Å². The lowest BCUT2D eigenvalue weighted by Gasteiger charge is -2.26. The minimum absolute atomic E-state index is 0.0749. The van der Waals surface area contributed by atoms with E-state index in [4.69, 9.17) is 22.4 Å².